The Bertz CT molecular complexity index is 781. The standard InChI is InChI=1S/C19H17NO/c1-12-4-5-14(8-13(12)2)18-9-15(11-20)17-7-6-16(21-3)10-19(17)18/h4-10,18H,1-3H3. The van der Waals surface area contributed by atoms with Crippen LogP contribution in [0.25, 0.3) is 5.57 Å². The summed E-state index contributed by atoms with van der Waals surface area (Å²) < 4.78 is 5.33. The Morgan fingerprint density at radius 2 is 1.86 bits per heavy atom. The molecule has 0 fully saturated rings. The molecule has 0 spiro atoms. The van der Waals surface area contributed by atoms with Crippen LogP contribution in [-0.2, 0) is 0 Å². The van der Waals surface area contributed by atoms with Gasteiger partial charge in [0.05, 0.1) is 18.8 Å². The fraction of sp³-hybridized carbons (Fsp3) is 0.211. The maximum absolute atomic E-state index is 9.35. The molecule has 21 heavy (non-hydrogen) atoms. The largest absolute Gasteiger partial charge is 0.497 e. The number of ether oxygens (including phenoxy) is 1. The van der Waals surface area contributed by atoms with E-state index in [0.717, 1.165) is 22.4 Å². The van der Waals surface area contributed by atoms with Gasteiger partial charge in [-0.15, -0.1) is 0 Å². The van der Waals surface area contributed by atoms with Crippen LogP contribution in [0.2, 0.25) is 0 Å². The first kappa shape index (κ1) is 13.5. The average Bonchev–Trinajstić information content (AvgIpc) is 2.87. The number of rotatable bonds is 2. The first-order valence-electron chi connectivity index (χ1n) is 7.01. The Morgan fingerprint density at radius 1 is 1.05 bits per heavy atom. The number of fused-ring (bicyclic) bond motifs is 1. The monoisotopic (exact) mass is 275 g/mol. The van der Waals surface area contributed by atoms with Crippen molar-refractivity contribution in [3.8, 4) is 11.8 Å². The summed E-state index contributed by atoms with van der Waals surface area (Å²) in [5, 5.41) is 9.35. The molecular formula is C19H17NO. The predicted octanol–water partition coefficient (Wildman–Crippen LogP) is 4.36. The summed E-state index contributed by atoms with van der Waals surface area (Å²) in [5.41, 5.74) is 6.69. The highest BCUT2D eigenvalue weighted by molar-refractivity contribution is 5.85. The lowest BCUT2D eigenvalue weighted by molar-refractivity contribution is 0.414. The van der Waals surface area contributed by atoms with Crippen LogP contribution in [0.1, 0.15) is 33.7 Å². The molecule has 1 aliphatic rings. The molecule has 0 aliphatic heterocycles. The number of benzene rings is 2. The molecule has 0 amide bonds. The van der Waals surface area contributed by atoms with Gasteiger partial charge in [0, 0.05) is 5.92 Å². The number of hydrogen-bond acceptors (Lipinski definition) is 2. The third-order valence-electron chi connectivity index (χ3n) is 4.23. The molecule has 0 bridgehead atoms. The molecule has 0 heterocycles. The third-order valence-corrected chi connectivity index (χ3v) is 4.23. The van der Waals surface area contributed by atoms with Gasteiger partial charge in [-0.2, -0.15) is 5.26 Å². The Hall–Kier alpha value is -2.53. The molecule has 2 heteroatoms. The molecule has 1 unspecified atom stereocenters. The topological polar surface area (TPSA) is 33.0 Å². The average molecular weight is 275 g/mol. The minimum Gasteiger partial charge on any atom is -0.497 e. The van der Waals surface area contributed by atoms with Crippen molar-refractivity contribution in [3.05, 3.63) is 70.3 Å². The van der Waals surface area contributed by atoms with Crippen LogP contribution in [0.4, 0.5) is 0 Å². The van der Waals surface area contributed by atoms with Crippen LogP contribution in [0.3, 0.4) is 0 Å². The molecule has 3 rings (SSSR count). The quantitative estimate of drug-likeness (QED) is 0.815. The molecule has 0 aromatic heterocycles. The number of hydrogen-bond donors (Lipinski definition) is 0. The summed E-state index contributed by atoms with van der Waals surface area (Å²) in [6.45, 7) is 4.23. The van der Waals surface area contributed by atoms with Crippen molar-refractivity contribution >= 4 is 5.57 Å². The normalized spacial score (nSPS) is 16.1. The molecule has 2 aromatic carbocycles. The van der Waals surface area contributed by atoms with Gasteiger partial charge in [0.25, 0.3) is 0 Å². The van der Waals surface area contributed by atoms with Crippen LogP contribution >= 0.6 is 0 Å². The van der Waals surface area contributed by atoms with Crippen LogP contribution < -0.4 is 4.74 Å². The minimum atomic E-state index is 0.129. The summed E-state index contributed by atoms with van der Waals surface area (Å²) in [6.07, 6.45) is 2.05. The third kappa shape index (κ3) is 2.21. The number of methoxy groups -OCH3 is 1. The van der Waals surface area contributed by atoms with E-state index in [1.807, 2.05) is 24.3 Å². The Morgan fingerprint density at radius 3 is 2.52 bits per heavy atom. The lowest BCUT2D eigenvalue weighted by atomic mass is 9.91. The van der Waals surface area contributed by atoms with Gasteiger partial charge in [-0.1, -0.05) is 24.3 Å². The number of nitrogens with zero attached hydrogens (tertiary/aromatic N) is 1. The molecule has 1 aliphatic carbocycles. The zero-order valence-electron chi connectivity index (χ0n) is 12.5. The van der Waals surface area contributed by atoms with E-state index in [2.05, 4.69) is 38.1 Å². The van der Waals surface area contributed by atoms with E-state index < -0.39 is 0 Å². The molecule has 2 nitrogen and oxygen atoms in total. The second kappa shape index (κ2) is 5.10. The van der Waals surface area contributed by atoms with Gasteiger partial charge in [-0.3, -0.25) is 0 Å². The van der Waals surface area contributed by atoms with Crippen LogP contribution in [-0.4, -0.2) is 7.11 Å². The van der Waals surface area contributed by atoms with Gasteiger partial charge in [-0.05, 0) is 59.9 Å². The maximum atomic E-state index is 9.35. The summed E-state index contributed by atoms with van der Waals surface area (Å²) in [7, 11) is 1.67. The highest BCUT2D eigenvalue weighted by Crippen LogP contribution is 2.41. The number of allylic oxidation sites excluding steroid dienone is 2. The Balaban J connectivity index is 2.15. The molecule has 0 N–H and O–H groups in total. The summed E-state index contributed by atoms with van der Waals surface area (Å²) >= 11 is 0. The zero-order valence-corrected chi connectivity index (χ0v) is 12.5. The van der Waals surface area contributed by atoms with Crippen molar-refractivity contribution in [2.24, 2.45) is 0 Å². The molecule has 1 atom stereocenters. The molecular weight excluding hydrogens is 258 g/mol. The summed E-state index contributed by atoms with van der Waals surface area (Å²) in [4.78, 5) is 0. The summed E-state index contributed by atoms with van der Waals surface area (Å²) in [6, 6.07) is 14.7. The van der Waals surface area contributed by atoms with E-state index in [-0.39, 0.29) is 5.92 Å². The van der Waals surface area contributed by atoms with Crippen LogP contribution in [0, 0.1) is 25.2 Å². The maximum Gasteiger partial charge on any atom is 0.119 e. The van der Waals surface area contributed by atoms with E-state index in [1.165, 1.54) is 16.7 Å². The SMILES string of the molecule is COc1ccc2c(c1)C(c1ccc(C)c(C)c1)C=C2C#N. The number of nitriles is 1. The minimum absolute atomic E-state index is 0.129. The second-order valence-electron chi connectivity index (χ2n) is 5.47. The molecule has 0 saturated carbocycles. The van der Waals surface area contributed by atoms with Crippen LogP contribution in [0.5, 0.6) is 5.75 Å². The van der Waals surface area contributed by atoms with Crippen molar-refractivity contribution in [2.75, 3.05) is 7.11 Å². The lowest BCUT2D eigenvalue weighted by Crippen LogP contribution is -1.98. The van der Waals surface area contributed by atoms with Gasteiger partial charge < -0.3 is 4.74 Å². The molecule has 2 aromatic rings. The van der Waals surface area contributed by atoms with Gasteiger partial charge in [0.2, 0.25) is 0 Å². The molecule has 0 radical (unpaired) electrons. The summed E-state index contributed by atoms with van der Waals surface area (Å²) in [5.74, 6) is 0.958. The van der Waals surface area contributed by atoms with E-state index in [1.54, 1.807) is 7.11 Å². The van der Waals surface area contributed by atoms with Crippen molar-refractivity contribution in [1.29, 1.82) is 5.26 Å². The van der Waals surface area contributed by atoms with Crippen LogP contribution in [0.15, 0.2) is 42.5 Å². The molecule has 0 saturated heterocycles. The van der Waals surface area contributed by atoms with Crippen molar-refractivity contribution in [1.82, 2.24) is 0 Å². The molecule has 104 valence electrons. The van der Waals surface area contributed by atoms with E-state index >= 15 is 0 Å². The first-order chi connectivity index (χ1) is 10.1. The van der Waals surface area contributed by atoms with Gasteiger partial charge in [-0.25, -0.2) is 0 Å². The lowest BCUT2D eigenvalue weighted by Gasteiger charge is -2.14. The number of aryl methyl sites for hydroxylation is 2. The Labute approximate surface area is 125 Å². The van der Waals surface area contributed by atoms with E-state index in [4.69, 9.17) is 4.74 Å². The fourth-order valence-electron chi connectivity index (χ4n) is 2.85. The fourth-order valence-corrected chi connectivity index (χ4v) is 2.85. The van der Waals surface area contributed by atoms with E-state index in [0.29, 0.717) is 0 Å². The van der Waals surface area contributed by atoms with Crippen molar-refractivity contribution in [3.63, 3.8) is 0 Å². The van der Waals surface area contributed by atoms with Crippen molar-refractivity contribution in [2.45, 2.75) is 19.8 Å². The Kier molecular flexibility index (Phi) is 3.27. The first-order valence-corrected chi connectivity index (χ1v) is 7.01. The smallest absolute Gasteiger partial charge is 0.119 e. The second-order valence-corrected chi connectivity index (χ2v) is 5.47. The van der Waals surface area contributed by atoms with Crippen molar-refractivity contribution < 1.29 is 4.74 Å². The highest BCUT2D eigenvalue weighted by Gasteiger charge is 2.25. The van der Waals surface area contributed by atoms with Gasteiger partial charge in [0.1, 0.15) is 5.75 Å². The predicted molar refractivity (Wildman–Crippen MR) is 84.3 cm³/mol. The zero-order chi connectivity index (χ0) is 15.0. The van der Waals surface area contributed by atoms with Gasteiger partial charge >= 0.3 is 0 Å². The van der Waals surface area contributed by atoms with Gasteiger partial charge in [0.15, 0.2) is 0 Å². The van der Waals surface area contributed by atoms with E-state index in [9.17, 15) is 5.26 Å². The highest BCUT2D eigenvalue weighted by atomic mass is 16.5.